The Labute approximate surface area is 126 Å². The van der Waals surface area contributed by atoms with E-state index >= 15 is 0 Å². The van der Waals surface area contributed by atoms with Crippen molar-refractivity contribution in [3.8, 4) is 5.75 Å². The van der Waals surface area contributed by atoms with E-state index in [4.69, 9.17) is 11.6 Å². The first-order valence-electron chi connectivity index (χ1n) is 6.22. The first-order chi connectivity index (χ1) is 9.47. The number of anilines is 1. The van der Waals surface area contributed by atoms with Gasteiger partial charge in [-0.1, -0.05) is 37.6 Å². The third-order valence-electron chi connectivity index (χ3n) is 2.63. The van der Waals surface area contributed by atoms with E-state index in [9.17, 15) is 9.90 Å². The molecule has 0 unspecified atom stereocenters. The summed E-state index contributed by atoms with van der Waals surface area (Å²) in [4.78, 5) is 17.2. The van der Waals surface area contributed by atoms with Crippen LogP contribution in [0.2, 0.25) is 4.47 Å². The fourth-order valence-corrected chi connectivity index (χ4v) is 3.13. The average Bonchev–Trinajstić information content (AvgIpc) is 2.72. The Morgan fingerprint density at radius 1 is 1.45 bits per heavy atom. The minimum atomic E-state index is -0.356. The number of carbonyl (C=O) groups excluding carboxylic acids is 1. The Morgan fingerprint density at radius 3 is 2.80 bits per heavy atom. The molecule has 6 heteroatoms. The molecule has 0 bridgehead atoms. The zero-order valence-electron chi connectivity index (χ0n) is 11.2. The van der Waals surface area contributed by atoms with Gasteiger partial charge in [-0.15, -0.1) is 11.3 Å². The molecule has 0 aliphatic heterocycles. The van der Waals surface area contributed by atoms with Crippen LogP contribution in [0.1, 0.15) is 29.2 Å². The van der Waals surface area contributed by atoms with E-state index in [1.807, 2.05) is 0 Å². The lowest BCUT2D eigenvalue weighted by atomic mass is 10.1. The zero-order chi connectivity index (χ0) is 14.7. The number of phenols is 1. The summed E-state index contributed by atoms with van der Waals surface area (Å²) in [6, 6.07) is 6.56. The summed E-state index contributed by atoms with van der Waals surface area (Å²) >= 11 is 7.22. The van der Waals surface area contributed by atoms with Gasteiger partial charge in [-0.3, -0.25) is 4.79 Å². The first kappa shape index (κ1) is 14.8. The minimum Gasteiger partial charge on any atom is -0.506 e. The number of nitrogens with one attached hydrogen (secondary N) is 1. The predicted molar refractivity (Wildman–Crippen MR) is 81.7 cm³/mol. The molecule has 2 N–H and O–H groups in total. The van der Waals surface area contributed by atoms with Crippen molar-refractivity contribution in [1.29, 1.82) is 0 Å². The van der Waals surface area contributed by atoms with Crippen LogP contribution in [0.15, 0.2) is 24.3 Å². The molecule has 1 aromatic heterocycles. The summed E-state index contributed by atoms with van der Waals surface area (Å²) in [7, 11) is 0. The molecule has 0 aliphatic rings. The number of thiazole rings is 1. The van der Waals surface area contributed by atoms with Crippen LogP contribution in [0, 0.1) is 5.92 Å². The SMILES string of the molecule is CC(C)Cc1sc(Cl)nc1C(=O)Nc1ccccc1O. The molecule has 0 atom stereocenters. The summed E-state index contributed by atoms with van der Waals surface area (Å²) in [5.74, 6) is 0.0704. The van der Waals surface area contributed by atoms with Crippen LogP contribution in [-0.4, -0.2) is 16.0 Å². The van der Waals surface area contributed by atoms with Gasteiger partial charge in [0.1, 0.15) is 11.4 Å². The van der Waals surface area contributed by atoms with Gasteiger partial charge < -0.3 is 10.4 Å². The third kappa shape index (κ3) is 3.49. The molecule has 20 heavy (non-hydrogen) atoms. The van der Waals surface area contributed by atoms with E-state index in [1.54, 1.807) is 18.2 Å². The highest BCUT2D eigenvalue weighted by Crippen LogP contribution is 2.27. The van der Waals surface area contributed by atoms with Crippen molar-refractivity contribution in [2.24, 2.45) is 5.92 Å². The van der Waals surface area contributed by atoms with Crippen LogP contribution in [-0.2, 0) is 6.42 Å². The minimum absolute atomic E-state index is 0.0209. The van der Waals surface area contributed by atoms with E-state index in [-0.39, 0.29) is 11.7 Å². The van der Waals surface area contributed by atoms with E-state index in [2.05, 4.69) is 24.1 Å². The maximum Gasteiger partial charge on any atom is 0.275 e. The van der Waals surface area contributed by atoms with Gasteiger partial charge in [0.15, 0.2) is 4.47 Å². The molecule has 1 aromatic carbocycles. The number of benzene rings is 1. The maximum absolute atomic E-state index is 12.2. The lowest BCUT2D eigenvalue weighted by Crippen LogP contribution is -2.14. The van der Waals surface area contributed by atoms with Crippen LogP contribution in [0.5, 0.6) is 5.75 Å². The number of halogens is 1. The molecule has 0 spiro atoms. The highest BCUT2D eigenvalue weighted by atomic mass is 35.5. The van der Waals surface area contributed by atoms with Gasteiger partial charge in [-0.2, -0.15) is 0 Å². The lowest BCUT2D eigenvalue weighted by molar-refractivity contribution is 0.102. The number of rotatable bonds is 4. The van der Waals surface area contributed by atoms with Gasteiger partial charge in [-0.05, 0) is 24.5 Å². The van der Waals surface area contributed by atoms with Crippen molar-refractivity contribution < 1.29 is 9.90 Å². The summed E-state index contributed by atoms with van der Waals surface area (Å²) in [6.45, 7) is 4.14. The summed E-state index contributed by atoms with van der Waals surface area (Å²) in [5, 5.41) is 12.3. The largest absolute Gasteiger partial charge is 0.506 e. The quantitative estimate of drug-likeness (QED) is 0.840. The molecule has 0 saturated carbocycles. The zero-order valence-corrected chi connectivity index (χ0v) is 12.8. The summed E-state index contributed by atoms with van der Waals surface area (Å²) in [5.41, 5.74) is 0.689. The fourth-order valence-electron chi connectivity index (χ4n) is 1.77. The van der Waals surface area contributed by atoms with Crippen molar-refractivity contribution in [2.45, 2.75) is 20.3 Å². The van der Waals surface area contributed by atoms with Gasteiger partial charge in [0, 0.05) is 4.88 Å². The summed E-state index contributed by atoms with van der Waals surface area (Å²) in [6.07, 6.45) is 0.744. The summed E-state index contributed by atoms with van der Waals surface area (Å²) < 4.78 is 0.350. The van der Waals surface area contributed by atoms with Crippen molar-refractivity contribution >= 4 is 34.5 Å². The lowest BCUT2D eigenvalue weighted by Gasteiger charge is -2.07. The van der Waals surface area contributed by atoms with Crippen LogP contribution in [0.25, 0.3) is 0 Å². The normalized spacial score (nSPS) is 10.8. The Kier molecular flexibility index (Phi) is 4.62. The number of carbonyl (C=O) groups is 1. The van der Waals surface area contributed by atoms with Crippen LogP contribution < -0.4 is 5.32 Å². The van der Waals surface area contributed by atoms with E-state index < -0.39 is 0 Å². The first-order valence-corrected chi connectivity index (χ1v) is 7.41. The molecule has 0 saturated heterocycles. The van der Waals surface area contributed by atoms with Crippen molar-refractivity contribution in [3.05, 3.63) is 39.3 Å². The van der Waals surface area contributed by atoms with E-state index in [0.29, 0.717) is 21.8 Å². The highest BCUT2D eigenvalue weighted by molar-refractivity contribution is 7.16. The van der Waals surface area contributed by atoms with Gasteiger partial charge >= 0.3 is 0 Å². The second-order valence-corrected chi connectivity index (χ2v) is 6.47. The molecule has 0 radical (unpaired) electrons. The topological polar surface area (TPSA) is 62.2 Å². The molecule has 1 heterocycles. The fraction of sp³-hybridized carbons (Fsp3) is 0.286. The number of para-hydroxylation sites is 2. The smallest absolute Gasteiger partial charge is 0.275 e. The van der Waals surface area contributed by atoms with Crippen LogP contribution in [0.4, 0.5) is 5.69 Å². The molecule has 2 aromatic rings. The number of hydrogen-bond acceptors (Lipinski definition) is 4. The molecular weight excluding hydrogens is 296 g/mol. The number of phenolic OH excluding ortho intramolecular Hbond substituents is 1. The Morgan fingerprint density at radius 2 is 2.15 bits per heavy atom. The van der Waals surface area contributed by atoms with Crippen molar-refractivity contribution in [2.75, 3.05) is 5.32 Å². The monoisotopic (exact) mass is 310 g/mol. The third-order valence-corrected chi connectivity index (χ3v) is 3.81. The molecule has 106 valence electrons. The second-order valence-electron chi connectivity index (χ2n) is 4.81. The number of nitrogens with zero attached hydrogens (tertiary/aromatic N) is 1. The number of amides is 1. The maximum atomic E-state index is 12.2. The predicted octanol–water partition coefficient (Wildman–Crippen LogP) is 3.95. The van der Waals surface area contributed by atoms with Gasteiger partial charge in [0.2, 0.25) is 0 Å². The standard InChI is InChI=1S/C14H15ClN2O2S/c1-8(2)7-11-12(17-14(15)20-11)13(19)16-9-5-3-4-6-10(9)18/h3-6,8,18H,7H2,1-2H3,(H,16,19). The molecule has 2 rings (SSSR count). The molecule has 1 amide bonds. The van der Waals surface area contributed by atoms with Crippen LogP contribution in [0.3, 0.4) is 0 Å². The van der Waals surface area contributed by atoms with Gasteiger partial charge in [0.25, 0.3) is 5.91 Å². The van der Waals surface area contributed by atoms with Crippen molar-refractivity contribution in [3.63, 3.8) is 0 Å². The molecule has 0 aliphatic carbocycles. The molecule has 4 nitrogen and oxygen atoms in total. The Balaban J connectivity index is 2.23. The molecular formula is C14H15ClN2O2S. The molecule has 0 fully saturated rings. The number of hydrogen-bond donors (Lipinski definition) is 2. The van der Waals surface area contributed by atoms with E-state index in [0.717, 1.165) is 11.3 Å². The Bertz CT molecular complexity index is 625. The number of aromatic hydroxyl groups is 1. The second kappa shape index (κ2) is 6.24. The van der Waals surface area contributed by atoms with Gasteiger partial charge in [-0.25, -0.2) is 4.98 Å². The van der Waals surface area contributed by atoms with Gasteiger partial charge in [0.05, 0.1) is 5.69 Å². The number of aromatic nitrogens is 1. The van der Waals surface area contributed by atoms with Crippen molar-refractivity contribution in [1.82, 2.24) is 4.98 Å². The van der Waals surface area contributed by atoms with E-state index in [1.165, 1.54) is 17.4 Å². The highest BCUT2D eigenvalue weighted by Gasteiger charge is 2.19. The van der Waals surface area contributed by atoms with Crippen LogP contribution >= 0.6 is 22.9 Å². The average molecular weight is 311 g/mol. The Hall–Kier alpha value is -1.59.